The molecule has 0 aromatic rings. The number of alkyl halides is 3. The Morgan fingerprint density at radius 1 is 1.24 bits per heavy atom. The third-order valence-corrected chi connectivity index (χ3v) is 4.79. The molecule has 1 aliphatic carbocycles. The van der Waals surface area contributed by atoms with E-state index < -0.39 is 6.36 Å². The number of rotatable bonds is 4. The smallest absolute Gasteiger partial charge is 0.308 e. The molecule has 1 aliphatic heterocycles. The zero-order valence-corrected chi connectivity index (χ0v) is 13.4. The van der Waals surface area contributed by atoms with Crippen molar-refractivity contribution < 1.29 is 17.9 Å². The first-order valence-corrected chi connectivity index (χ1v) is 7.71. The molecule has 1 N–H and O–H groups in total. The standard InChI is InChI=1S/C15H27F3N2O/c1-13(2,3)12-9-19-14(4,11-5-6-11)10-20(12)7-8-21-15(16,17)18/h11-12,19H,5-10H2,1-4H3. The van der Waals surface area contributed by atoms with Crippen molar-refractivity contribution in [3.05, 3.63) is 0 Å². The lowest BCUT2D eigenvalue weighted by molar-refractivity contribution is -0.325. The molecule has 2 aliphatic rings. The SMILES string of the molecule is CC(C)(C)C1CNC(C)(C2CC2)CN1CCOC(F)(F)F. The molecule has 3 nitrogen and oxygen atoms in total. The average molecular weight is 308 g/mol. The second-order valence-corrected chi connectivity index (χ2v) is 7.72. The predicted molar refractivity (Wildman–Crippen MR) is 76.0 cm³/mol. The van der Waals surface area contributed by atoms with Crippen LogP contribution in [0.15, 0.2) is 0 Å². The van der Waals surface area contributed by atoms with E-state index in [0.29, 0.717) is 12.5 Å². The maximum absolute atomic E-state index is 12.2. The third-order valence-electron chi connectivity index (χ3n) is 4.79. The number of piperazine rings is 1. The van der Waals surface area contributed by atoms with Crippen LogP contribution in [0.4, 0.5) is 13.2 Å². The summed E-state index contributed by atoms with van der Waals surface area (Å²) in [6.45, 7) is 10.2. The summed E-state index contributed by atoms with van der Waals surface area (Å²) in [4.78, 5) is 2.18. The number of halogens is 3. The molecule has 0 spiro atoms. The lowest BCUT2D eigenvalue weighted by Gasteiger charge is -2.51. The molecule has 1 heterocycles. The fourth-order valence-corrected chi connectivity index (χ4v) is 3.41. The summed E-state index contributed by atoms with van der Waals surface area (Å²) in [5.74, 6) is 0.657. The lowest BCUT2D eigenvalue weighted by Crippen LogP contribution is -2.67. The summed E-state index contributed by atoms with van der Waals surface area (Å²) >= 11 is 0. The molecule has 21 heavy (non-hydrogen) atoms. The first-order valence-electron chi connectivity index (χ1n) is 7.71. The van der Waals surface area contributed by atoms with Crippen molar-refractivity contribution in [3.8, 4) is 0 Å². The molecule has 1 saturated heterocycles. The summed E-state index contributed by atoms with van der Waals surface area (Å²) < 4.78 is 40.5. The molecule has 0 radical (unpaired) electrons. The number of nitrogens with one attached hydrogen (secondary N) is 1. The molecule has 2 unspecified atom stereocenters. The maximum Gasteiger partial charge on any atom is 0.522 e. The van der Waals surface area contributed by atoms with Crippen LogP contribution < -0.4 is 5.32 Å². The van der Waals surface area contributed by atoms with Gasteiger partial charge in [0.05, 0.1) is 6.61 Å². The molecule has 2 atom stereocenters. The number of nitrogens with zero attached hydrogens (tertiary/aromatic N) is 1. The van der Waals surface area contributed by atoms with E-state index in [-0.39, 0.29) is 23.6 Å². The summed E-state index contributed by atoms with van der Waals surface area (Å²) in [5, 5.41) is 3.65. The Labute approximate surface area is 125 Å². The van der Waals surface area contributed by atoms with Crippen molar-refractivity contribution in [1.82, 2.24) is 10.2 Å². The van der Waals surface area contributed by atoms with Crippen molar-refractivity contribution in [2.24, 2.45) is 11.3 Å². The van der Waals surface area contributed by atoms with Crippen molar-refractivity contribution >= 4 is 0 Å². The van der Waals surface area contributed by atoms with Gasteiger partial charge in [-0.05, 0) is 31.1 Å². The number of ether oxygens (including phenoxy) is 1. The summed E-state index contributed by atoms with van der Waals surface area (Å²) in [7, 11) is 0. The molecular weight excluding hydrogens is 281 g/mol. The predicted octanol–water partition coefficient (Wildman–Crippen LogP) is 3.01. The Morgan fingerprint density at radius 2 is 1.86 bits per heavy atom. The third kappa shape index (κ3) is 4.57. The molecule has 1 saturated carbocycles. The summed E-state index contributed by atoms with van der Waals surface area (Å²) in [6.07, 6.45) is -2.10. The molecule has 2 rings (SSSR count). The molecule has 0 amide bonds. The molecule has 0 aromatic carbocycles. The highest BCUT2D eigenvalue weighted by Gasteiger charge is 2.47. The van der Waals surface area contributed by atoms with E-state index in [4.69, 9.17) is 0 Å². The summed E-state index contributed by atoms with van der Waals surface area (Å²) in [6, 6.07) is 0.223. The van der Waals surface area contributed by atoms with E-state index in [1.165, 1.54) is 12.8 Å². The van der Waals surface area contributed by atoms with Crippen LogP contribution >= 0.6 is 0 Å². The van der Waals surface area contributed by atoms with E-state index in [2.05, 4.69) is 42.6 Å². The van der Waals surface area contributed by atoms with Gasteiger partial charge < -0.3 is 5.32 Å². The zero-order chi connectivity index (χ0) is 15.9. The second-order valence-electron chi connectivity index (χ2n) is 7.72. The lowest BCUT2D eigenvalue weighted by atomic mass is 9.81. The van der Waals surface area contributed by atoms with Gasteiger partial charge in [0, 0.05) is 31.2 Å². The van der Waals surface area contributed by atoms with Gasteiger partial charge in [-0.3, -0.25) is 9.64 Å². The zero-order valence-electron chi connectivity index (χ0n) is 13.4. The minimum atomic E-state index is -4.54. The molecule has 6 heteroatoms. The van der Waals surface area contributed by atoms with Crippen molar-refractivity contribution in [2.45, 2.75) is 58.5 Å². The van der Waals surface area contributed by atoms with E-state index >= 15 is 0 Å². The quantitative estimate of drug-likeness (QED) is 0.864. The number of hydrogen-bond donors (Lipinski definition) is 1. The van der Waals surface area contributed by atoms with Crippen LogP contribution in [-0.4, -0.2) is 49.1 Å². The van der Waals surface area contributed by atoms with Crippen LogP contribution in [0.1, 0.15) is 40.5 Å². The fraction of sp³-hybridized carbons (Fsp3) is 1.00. The fourth-order valence-electron chi connectivity index (χ4n) is 3.41. The van der Waals surface area contributed by atoms with E-state index in [1.807, 2.05) is 0 Å². The first-order chi connectivity index (χ1) is 9.51. The second kappa shape index (κ2) is 5.70. The monoisotopic (exact) mass is 308 g/mol. The Morgan fingerprint density at radius 3 is 2.33 bits per heavy atom. The van der Waals surface area contributed by atoms with Crippen molar-refractivity contribution in [1.29, 1.82) is 0 Å². The minimum absolute atomic E-state index is 0.0239. The van der Waals surface area contributed by atoms with Gasteiger partial charge in [-0.15, -0.1) is 13.2 Å². The van der Waals surface area contributed by atoms with Crippen LogP contribution in [0.5, 0.6) is 0 Å². The number of hydrogen-bond acceptors (Lipinski definition) is 3. The average Bonchev–Trinajstić information content (AvgIpc) is 3.09. The van der Waals surface area contributed by atoms with Crippen LogP contribution in [0.2, 0.25) is 0 Å². The topological polar surface area (TPSA) is 24.5 Å². The van der Waals surface area contributed by atoms with Gasteiger partial charge >= 0.3 is 6.36 Å². The van der Waals surface area contributed by atoms with E-state index in [9.17, 15) is 13.2 Å². The van der Waals surface area contributed by atoms with Gasteiger partial charge in [0.25, 0.3) is 0 Å². The highest BCUT2D eigenvalue weighted by molar-refractivity contribution is 5.05. The van der Waals surface area contributed by atoms with Gasteiger partial charge in [-0.25, -0.2) is 0 Å². The molecule has 124 valence electrons. The molecule has 2 fully saturated rings. The summed E-state index contributed by atoms with van der Waals surface area (Å²) in [5.41, 5.74) is 0.0517. The molecular formula is C15H27F3N2O. The van der Waals surface area contributed by atoms with Crippen molar-refractivity contribution in [2.75, 3.05) is 26.2 Å². The van der Waals surface area contributed by atoms with Crippen LogP contribution in [0, 0.1) is 11.3 Å². The Balaban J connectivity index is 1.99. The Hall–Kier alpha value is -0.330. The van der Waals surface area contributed by atoms with Crippen LogP contribution in [0.3, 0.4) is 0 Å². The Bertz CT molecular complexity index is 363. The van der Waals surface area contributed by atoms with Crippen LogP contribution in [-0.2, 0) is 4.74 Å². The van der Waals surface area contributed by atoms with Gasteiger partial charge in [-0.1, -0.05) is 20.8 Å². The molecule has 0 aromatic heterocycles. The molecule has 0 bridgehead atoms. The highest BCUT2D eigenvalue weighted by Crippen LogP contribution is 2.42. The van der Waals surface area contributed by atoms with Gasteiger partial charge in [0.2, 0.25) is 0 Å². The van der Waals surface area contributed by atoms with Crippen molar-refractivity contribution in [3.63, 3.8) is 0 Å². The Kier molecular flexibility index (Phi) is 4.63. The maximum atomic E-state index is 12.2. The largest absolute Gasteiger partial charge is 0.522 e. The normalized spacial score (nSPS) is 32.4. The minimum Gasteiger partial charge on any atom is -0.308 e. The van der Waals surface area contributed by atoms with Gasteiger partial charge in [0.1, 0.15) is 0 Å². The van der Waals surface area contributed by atoms with Gasteiger partial charge in [-0.2, -0.15) is 0 Å². The van der Waals surface area contributed by atoms with E-state index in [1.54, 1.807) is 0 Å². The van der Waals surface area contributed by atoms with Crippen LogP contribution in [0.25, 0.3) is 0 Å². The highest BCUT2D eigenvalue weighted by atomic mass is 19.4. The van der Waals surface area contributed by atoms with E-state index in [0.717, 1.165) is 13.1 Å². The van der Waals surface area contributed by atoms with Gasteiger partial charge in [0.15, 0.2) is 0 Å². The first kappa shape index (κ1) is 17.0.